The van der Waals surface area contributed by atoms with E-state index < -0.39 is 17.6 Å². The minimum absolute atomic E-state index is 0.0360. The van der Waals surface area contributed by atoms with Crippen LogP contribution in [-0.2, 0) is 17.3 Å². The number of nitrogens with one attached hydrogen (secondary N) is 1. The maximum atomic E-state index is 14.4. The molecule has 3 aliphatic rings. The number of alkyl halides is 3. The van der Waals surface area contributed by atoms with E-state index in [1.807, 2.05) is 6.92 Å². The van der Waals surface area contributed by atoms with E-state index in [1.54, 1.807) is 6.07 Å². The first kappa shape index (κ1) is 24.4. The van der Waals surface area contributed by atoms with Crippen LogP contribution in [0.1, 0.15) is 43.7 Å². The van der Waals surface area contributed by atoms with E-state index in [0.717, 1.165) is 70.2 Å². The quantitative estimate of drug-likeness (QED) is 0.547. The fraction of sp³-hybridized carbons (Fsp3) is 0.615. The van der Waals surface area contributed by atoms with Gasteiger partial charge in [-0.1, -0.05) is 13.0 Å². The average Bonchev–Trinajstić information content (AvgIpc) is 3.37. The molecule has 0 unspecified atom stereocenters. The van der Waals surface area contributed by atoms with E-state index >= 15 is 0 Å². The van der Waals surface area contributed by atoms with Crippen molar-refractivity contribution in [3.05, 3.63) is 41.2 Å². The number of anilines is 1. The lowest BCUT2D eigenvalue weighted by Crippen LogP contribution is -2.32. The van der Waals surface area contributed by atoms with Gasteiger partial charge < -0.3 is 15.0 Å². The molecule has 1 aliphatic carbocycles. The Hall–Kier alpha value is -2.26. The Morgan fingerprint density at radius 1 is 1.06 bits per heavy atom. The highest BCUT2D eigenvalue weighted by atomic mass is 19.4. The SMILES string of the molecule is CCc1ccc(F)c(-c2cc(C(F)(F)F)c(N[C@@H]3C[C@@H]4CN(CC5CCOCC5)C[C@@H]4C3)nn2)c1. The van der Waals surface area contributed by atoms with Gasteiger partial charge in [-0.3, -0.25) is 0 Å². The number of benzene rings is 1. The zero-order valence-corrected chi connectivity index (χ0v) is 20.0. The summed E-state index contributed by atoms with van der Waals surface area (Å²) in [5, 5.41) is 10.9. The number of fused-ring (bicyclic) bond motifs is 1. The van der Waals surface area contributed by atoms with Crippen molar-refractivity contribution in [3.63, 3.8) is 0 Å². The molecule has 0 amide bonds. The van der Waals surface area contributed by atoms with Crippen LogP contribution >= 0.6 is 0 Å². The van der Waals surface area contributed by atoms with Gasteiger partial charge in [0, 0.05) is 44.5 Å². The van der Waals surface area contributed by atoms with Crippen LogP contribution in [0.15, 0.2) is 24.3 Å². The van der Waals surface area contributed by atoms with Crippen LogP contribution in [0.5, 0.6) is 0 Å². The fourth-order valence-corrected chi connectivity index (χ4v) is 5.99. The van der Waals surface area contributed by atoms with E-state index in [9.17, 15) is 17.6 Å². The van der Waals surface area contributed by atoms with Gasteiger partial charge in [0.15, 0.2) is 5.82 Å². The highest BCUT2D eigenvalue weighted by Crippen LogP contribution is 2.42. The minimum Gasteiger partial charge on any atom is -0.381 e. The standard InChI is InChI=1S/C26H32F4N4O/c1-2-16-3-4-23(27)21(9-16)24-12-22(26(28,29)30)25(33-32-24)31-20-10-18-14-34(15-19(18)11-20)13-17-5-7-35-8-6-17/h3-4,9,12,17-20H,2,5-8,10-11,13-15H2,1H3,(H,31,33)/t18-,19+,20-. The smallest absolute Gasteiger partial charge is 0.381 e. The van der Waals surface area contributed by atoms with Gasteiger partial charge in [0.05, 0.1) is 5.69 Å². The number of halogens is 4. The Balaban J connectivity index is 1.27. The highest BCUT2D eigenvalue weighted by molar-refractivity contribution is 5.64. The molecule has 9 heteroatoms. The first-order chi connectivity index (χ1) is 16.8. The molecule has 35 heavy (non-hydrogen) atoms. The van der Waals surface area contributed by atoms with Gasteiger partial charge in [-0.2, -0.15) is 13.2 Å². The molecule has 3 fully saturated rings. The maximum absolute atomic E-state index is 14.4. The number of nitrogens with zero attached hydrogens (tertiary/aromatic N) is 3. The van der Waals surface area contributed by atoms with Gasteiger partial charge in [0.1, 0.15) is 11.4 Å². The monoisotopic (exact) mass is 492 g/mol. The molecule has 1 aromatic carbocycles. The summed E-state index contributed by atoms with van der Waals surface area (Å²) in [6, 6.07) is 5.26. The summed E-state index contributed by atoms with van der Waals surface area (Å²) in [5.74, 6) is 0.777. The summed E-state index contributed by atoms with van der Waals surface area (Å²) in [4.78, 5) is 2.52. The predicted octanol–water partition coefficient (Wildman–Crippen LogP) is 5.41. The Labute approximate surface area is 203 Å². The van der Waals surface area contributed by atoms with E-state index in [0.29, 0.717) is 24.2 Å². The molecule has 0 spiro atoms. The van der Waals surface area contributed by atoms with E-state index in [2.05, 4.69) is 20.4 Å². The lowest BCUT2D eigenvalue weighted by atomic mass is 10.00. The number of aromatic nitrogens is 2. The van der Waals surface area contributed by atoms with Crippen LogP contribution in [0, 0.1) is 23.6 Å². The van der Waals surface area contributed by atoms with Crippen LogP contribution in [0.4, 0.5) is 23.4 Å². The molecule has 3 heterocycles. The second kappa shape index (κ2) is 10.0. The number of rotatable bonds is 6. The zero-order valence-electron chi connectivity index (χ0n) is 20.0. The van der Waals surface area contributed by atoms with E-state index in [1.165, 1.54) is 12.1 Å². The van der Waals surface area contributed by atoms with Crippen LogP contribution < -0.4 is 5.32 Å². The molecular formula is C26H32F4N4O. The first-order valence-corrected chi connectivity index (χ1v) is 12.6. The summed E-state index contributed by atoms with van der Waals surface area (Å²) < 4.78 is 61.7. The average molecular weight is 493 g/mol. The topological polar surface area (TPSA) is 50.3 Å². The molecule has 1 N–H and O–H groups in total. The molecule has 0 bridgehead atoms. The molecule has 2 aliphatic heterocycles. The van der Waals surface area contributed by atoms with Crippen molar-refractivity contribution in [1.82, 2.24) is 15.1 Å². The van der Waals surface area contributed by atoms with Gasteiger partial charge >= 0.3 is 6.18 Å². The van der Waals surface area contributed by atoms with Crippen LogP contribution in [0.25, 0.3) is 11.3 Å². The lowest BCUT2D eigenvalue weighted by Gasteiger charge is -2.28. The number of likely N-dealkylation sites (tertiary alicyclic amines) is 1. The lowest BCUT2D eigenvalue weighted by molar-refractivity contribution is -0.137. The maximum Gasteiger partial charge on any atom is 0.420 e. The number of hydrogen-bond donors (Lipinski definition) is 1. The molecule has 2 saturated heterocycles. The molecule has 5 rings (SSSR count). The molecule has 190 valence electrons. The second-order valence-corrected chi connectivity index (χ2v) is 10.3. The van der Waals surface area contributed by atoms with Gasteiger partial charge in [-0.25, -0.2) is 4.39 Å². The summed E-state index contributed by atoms with van der Waals surface area (Å²) in [6.45, 7) is 6.69. The van der Waals surface area contributed by atoms with Crippen molar-refractivity contribution in [1.29, 1.82) is 0 Å². The first-order valence-electron chi connectivity index (χ1n) is 12.6. The van der Waals surface area contributed by atoms with Crippen LogP contribution in [0.2, 0.25) is 0 Å². The van der Waals surface area contributed by atoms with Gasteiger partial charge in [0.2, 0.25) is 0 Å². The Morgan fingerprint density at radius 3 is 2.43 bits per heavy atom. The largest absolute Gasteiger partial charge is 0.420 e. The summed E-state index contributed by atoms with van der Waals surface area (Å²) >= 11 is 0. The van der Waals surface area contributed by atoms with Crippen molar-refractivity contribution in [2.24, 2.45) is 17.8 Å². The number of ether oxygens (including phenoxy) is 1. The third-order valence-electron chi connectivity index (χ3n) is 7.84. The molecule has 1 aromatic heterocycles. The normalized spacial score (nSPS) is 25.7. The number of hydrogen-bond acceptors (Lipinski definition) is 5. The van der Waals surface area contributed by atoms with E-state index in [4.69, 9.17) is 4.74 Å². The molecular weight excluding hydrogens is 460 g/mol. The Morgan fingerprint density at radius 2 is 1.77 bits per heavy atom. The summed E-state index contributed by atoms with van der Waals surface area (Å²) in [7, 11) is 0. The van der Waals surface area contributed by atoms with Crippen LogP contribution in [-0.4, -0.2) is 54.0 Å². The van der Waals surface area contributed by atoms with Crippen molar-refractivity contribution in [3.8, 4) is 11.3 Å². The molecule has 0 radical (unpaired) electrons. The summed E-state index contributed by atoms with van der Waals surface area (Å²) in [6.07, 6.45) is -0.120. The minimum atomic E-state index is -4.62. The second-order valence-electron chi connectivity index (χ2n) is 10.3. The molecule has 2 aromatic rings. The summed E-state index contributed by atoms with van der Waals surface area (Å²) in [5.41, 5.74) is -0.152. The Bertz CT molecular complexity index is 1030. The van der Waals surface area contributed by atoms with Gasteiger partial charge in [-0.05, 0) is 73.6 Å². The zero-order chi connectivity index (χ0) is 24.6. The van der Waals surface area contributed by atoms with E-state index in [-0.39, 0.29) is 23.1 Å². The fourth-order valence-electron chi connectivity index (χ4n) is 5.99. The highest BCUT2D eigenvalue weighted by Gasteiger charge is 2.43. The number of aryl methyl sites for hydroxylation is 1. The van der Waals surface area contributed by atoms with Crippen molar-refractivity contribution in [2.75, 3.05) is 38.2 Å². The van der Waals surface area contributed by atoms with Gasteiger partial charge in [0.25, 0.3) is 0 Å². The predicted molar refractivity (Wildman–Crippen MR) is 125 cm³/mol. The van der Waals surface area contributed by atoms with Crippen molar-refractivity contribution in [2.45, 2.75) is 51.2 Å². The van der Waals surface area contributed by atoms with Crippen LogP contribution in [0.3, 0.4) is 0 Å². The van der Waals surface area contributed by atoms with Crippen molar-refractivity contribution >= 4 is 5.82 Å². The van der Waals surface area contributed by atoms with Gasteiger partial charge in [-0.15, -0.1) is 10.2 Å². The Kier molecular flexibility index (Phi) is 6.99. The third-order valence-corrected chi connectivity index (χ3v) is 7.84. The van der Waals surface area contributed by atoms with Crippen molar-refractivity contribution < 1.29 is 22.3 Å². The molecule has 3 atom stereocenters. The molecule has 5 nitrogen and oxygen atoms in total. The molecule has 1 saturated carbocycles. The third kappa shape index (κ3) is 5.45.